The topological polar surface area (TPSA) is 60.1 Å². The summed E-state index contributed by atoms with van der Waals surface area (Å²) in [6.45, 7) is 9.80. The van der Waals surface area contributed by atoms with Gasteiger partial charge < -0.3 is 9.88 Å². The third-order valence-electron chi connectivity index (χ3n) is 3.87. The number of benzene rings is 1. The van der Waals surface area contributed by atoms with Crippen molar-refractivity contribution in [1.29, 1.82) is 0 Å². The van der Waals surface area contributed by atoms with Crippen LogP contribution in [0.3, 0.4) is 0 Å². The van der Waals surface area contributed by atoms with Gasteiger partial charge in [0.25, 0.3) is 5.69 Å². The molecule has 0 aliphatic carbocycles. The molecule has 0 aliphatic rings. The van der Waals surface area contributed by atoms with E-state index >= 15 is 0 Å². The molecule has 1 aromatic carbocycles. The zero-order valence-corrected chi connectivity index (χ0v) is 12.9. The van der Waals surface area contributed by atoms with Crippen LogP contribution >= 0.6 is 0 Å². The summed E-state index contributed by atoms with van der Waals surface area (Å²) >= 11 is 0. The molecule has 0 atom stereocenters. The molecule has 0 saturated heterocycles. The Kier molecular flexibility index (Phi) is 4.31. The molecule has 1 N–H and O–H groups in total. The van der Waals surface area contributed by atoms with Gasteiger partial charge in [-0.1, -0.05) is 0 Å². The molecule has 1 heterocycles. The second kappa shape index (κ2) is 5.99. The molecule has 0 unspecified atom stereocenters. The van der Waals surface area contributed by atoms with Crippen molar-refractivity contribution in [1.82, 2.24) is 4.57 Å². The Labute approximate surface area is 124 Å². The van der Waals surface area contributed by atoms with E-state index in [1.165, 1.54) is 17.0 Å². The van der Waals surface area contributed by atoms with Crippen LogP contribution in [0.4, 0.5) is 11.4 Å². The number of nitrogens with one attached hydrogen (secondary N) is 1. The molecule has 0 radical (unpaired) electrons. The van der Waals surface area contributed by atoms with Gasteiger partial charge in [0, 0.05) is 41.8 Å². The summed E-state index contributed by atoms with van der Waals surface area (Å²) in [4.78, 5) is 10.5. The van der Waals surface area contributed by atoms with Crippen LogP contribution in [0.25, 0.3) is 0 Å². The SMILES string of the molecule is CCn1c(C)cc(CNc2ccc([N+](=O)[O-])c(C)c2)c1C. The highest BCUT2D eigenvalue weighted by Crippen LogP contribution is 2.23. The Morgan fingerprint density at radius 3 is 2.48 bits per heavy atom. The number of anilines is 1. The normalized spacial score (nSPS) is 10.7. The predicted octanol–water partition coefficient (Wildman–Crippen LogP) is 3.95. The van der Waals surface area contributed by atoms with Crippen LogP contribution in [-0.2, 0) is 13.1 Å². The molecule has 0 spiro atoms. The summed E-state index contributed by atoms with van der Waals surface area (Å²) in [6, 6.07) is 7.30. The average molecular weight is 287 g/mol. The predicted molar refractivity (Wildman–Crippen MR) is 84.7 cm³/mol. The van der Waals surface area contributed by atoms with Gasteiger partial charge in [-0.3, -0.25) is 10.1 Å². The van der Waals surface area contributed by atoms with Gasteiger partial charge in [0.15, 0.2) is 0 Å². The van der Waals surface area contributed by atoms with E-state index in [1.54, 1.807) is 19.1 Å². The van der Waals surface area contributed by atoms with E-state index in [0.717, 1.165) is 18.8 Å². The maximum atomic E-state index is 10.8. The van der Waals surface area contributed by atoms with Crippen molar-refractivity contribution in [2.45, 2.75) is 40.8 Å². The van der Waals surface area contributed by atoms with Crippen molar-refractivity contribution in [2.75, 3.05) is 5.32 Å². The number of rotatable bonds is 5. The first-order chi connectivity index (χ1) is 9.93. The third-order valence-corrected chi connectivity index (χ3v) is 3.87. The van der Waals surface area contributed by atoms with Crippen LogP contribution in [0, 0.1) is 30.9 Å². The van der Waals surface area contributed by atoms with E-state index in [1.807, 2.05) is 6.07 Å². The van der Waals surface area contributed by atoms with Crippen molar-refractivity contribution >= 4 is 11.4 Å². The van der Waals surface area contributed by atoms with Gasteiger partial charge >= 0.3 is 0 Å². The van der Waals surface area contributed by atoms with Crippen LogP contribution < -0.4 is 5.32 Å². The number of nitrogens with zero attached hydrogens (tertiary/aromatic N) is 2. The van der Waals surface area contributed by atoms with Gasteiger partial charge in [-0.15, -0.1) is 0 Å². The van der Waals surface area contributed by atoms with E-state index in [2.05, 4.69) is 36.7 Å². The smallest absolute Gasteiger partial charge is 0.272 e. The summed E-state index contributed by atoms with van der Waals surface area (Å²) in [5, 5.41) is 14.2. The molecule has 0 bridgehead atoms. The zero-order chi connectivity index (χ0) is 15.6. The van der Waals surface area contributed by atoms with Crippen LogP contribution in [0.15, 0.2) is 24.3 Å². The average Bonchev–Trinajstić information content (AvgIpc) is 2.70. The fraction of sp³-hybridized carbons (Fsp3) is 0.375. The van der Waals surface area contributed by atoms with Crippen LogP contribution in [-0.4, -0.2) is 9.49 Å². The molecule has 2 aromatic rings. The lowest BCUT2D eigenvalue weighted by Crippen LogP contribution is -2.03. The Morgan fingerprint density at radius 1 is 1.24 bits per heavy atom. The maximum absolute atomic E-state index is 10.8. The number of hydrogen-bond acceptors (Lipinski definition) is 3. The Bertz CT molecular complexity index is 674. The second-order valence-corrected chi connectivity index (χ2v) is 5.25. The van der Waals surface area contributed by atoms with E-state index in [4.69, 9.17) is 0 Å². The Balaban J connectivity index is 2.13. The minimum Gasteiger partial charge on any atom is -0.381 e. The lowest BCUT2D eigenvalue weighted by atomic mass is 10.1. The first-order valence-corrected chi connectivity index (χ1v) is 7.08. The first-order valence-electron chi connectivity index (χ1n) is 7.08. The number of nitro benzene ring substituents is 1. The molecule has 0 saturated carbocycles. The van der Waals surface area contributed by atoms with Crippen LogP contribution in [0.2, 0.25) is 0 Å². The van der Waals surface area contributed by atoms with Crippen molar-refractivity contribution in [3.63, 3.8) is 0 Å². The van der Waals surface area contributed by atoms with Crippen molar-refractivity contribution < 1.29 is 4.92 Å². The molecule has 0 aliphatic heterocycles. The molecule has 5 nitrogen and oxygen atoms in total. The highest BCUT2D eigenvalue weighted by atomic mass is 16.6. The highest BCUT2D eigenvalue weighted by molar-refractivity contribution is 5.53. The monoisotopic (exact) mass is 287 g/mol. The van der Waals surface area contributed by atoms with Gasteiger partial charge in [-0.25, -0.2) is 0 Å². The fourth-order valence-electron chi connectivity index (χ4n) is 2.71. The van der Waals surface area contributed by atoms with Crippen molar-refractivity contribution in [2.24, 2.45) is 0 Å². The summed E-state index contributed by atoms with van der Waals surface area (Å²) < 4.78 is 2.28. The molecule has 1 aromatic heterocycles. The number of hydrogen-bond donors (Lipinski definition) is 1. The molecule has 2 rings (SSSR count). The molecule has 112 valence electrons. The van der Waals surface area contributed by atoms with E-state index in [-0.39, 0.29) is 10.6 Å². The standard InChI is InChI=1S/C16H21N3O2/c1-5-18-12(3)9-14(13(18)4)10-17-15-6-7-16(19(20)21)11(2)8-15/h6-9,17H,5,10H2,1-4H3. The molecule has 0 fully saturated rings. The summed E-state index contributed by atoms with van der Waals surface area (Å²) in [5.74, 6) is 0. The zero-order valence-electron chi connectivity index (χ0n) is 12.9. The lowest BCUT2D eigenvalue weighted by molar-refractivity contribution is -0.385. The Morgan fingerprint density at radius 2 is 1.95 bits per heavy atom. The quantitative estimate of drug-likeness (QED) is 0.669. The van der Waals surface area contributed by atoms with Crippen LogP contribution in [0.5, 0.6) is 0 Å². The van der Waals surface area contributed by atoms with E-state index in [9.17, 15) is 10.1 Å². The highest BCUT2D eigenvalue weighted by Gasteiger charge is 2.11. The minimum absolute atomic E-state index is 0.157. The summed E-state index contributed by atoms with van der Waals surface area (Å²) in [6.07, 6.45) is 0. The van der Waals surface area contributed by atoms with E-state index < -0.39 is 0 Å². The van der Waals surface area contributed by atoms with Crippen molar-refractivity contribution in [3.05, 3.63) is 56.9 Å². The largest absolute Gasteiger partial charge is 0.381 e. The van der Waals surface area contributed by atoms with Gasteiger partial charge in [0.1, 0.15) is 0 Å². The summed E-state index contributed by atoms with van der Waals surface area (Å²) in [7, 11) is 0. The van der Waals surface area contributed by atoms with Gasteiger partial charge in [0.2, 0.25) is 0 Å². The second-order valence-electron chi connectivity index (χ2n) is 5.25. The van der Waals surface area contributed by atoms with E-state index in [0.29, 0.717) is 5.56 Å². The van der Waals surface area contributed by atoms with Crippen molar-refractivity contribution in [3.8, 4) is 0 Å². The van der Waals surface area contributed by atoms with Gasteiger partial charge in [-0.05, 0) is 51.5 Å². The van der Waals surface area contributed by atoms with Gasteiger partial charge in [0.05, 0.1) is 4.92 Å². The van der Waals surface area contributed by atoms with Crippen LogP contribution in [0.1, 0.15) is 29.4 Å². The summed E-state index contributed by atoms with van der Waals surface area (Å²) in [5.41, 5.74) is 5.51. The molecular formula is C16H21N3O2. The maximum Gasteiger partial charge on any atom is 0.272 e. The molecular weight excluding hydrogens is 266 g/mol. The number of aromatic nitrogens is 1. The van der Waals surface area contributed by atoms with Gasteiger partial charge in [-0.2, -0.15) is 0 Å². The molecule has 21 heavy (non-hydrogen) atoms. The first kappa shape index (κ1) is 15.1. The number of nitro groups is 1. The molecule has 0 amide bonds. The number of aryl methyl sites for hydroxylation is 2. The molecule has 5 heteroatoms. The third kappa shape index (κ3) is 3.07. The Hall–Kier alpha value is -2.30. The minimum atomic E-state index is -0.353. The lowest BCUT2D eigenvalue weighted by Gasteiger charge is -2.09. The fourth-order valence-corrected chi connectivity index (χ4v) is 2.71.